The van der Waals surface area contributed by atoms with Crippen molar-refractivity contribution in [3.05, 3.63) is 109 Å². The van der Waals surface area contributed by atoms with Crippen molar-refractivity contribution in [2.24, 2.45) is 0 Å². The lowest BCUT2D eigenvalue weighted by Crippen LogP contribution is -2.29. The summed E-state index contributed by atoms with van der Waals surface area (Å²) in [4.78, 5) is 37.9. The molecule has 1 aromatic heterocycles. The fourth-order valence-corrected chi connectivity index (χ4v) is 5.43. The molecule has 0 spiro atoms. The Balaban J connectivity index is 1.74. The standard InChI is InChI=1S/C28H25N3O5/c1-14-10-11-18(13-22(14)31(34)35)30-15(2)12-21(17(30)4)24-23(28(33)36-5)16(3)29-26-19-8-6-7-9-20(19)27(32)25(24)26/h6-13,24,29H,1-5H3/t24-/m0/s1. The van der Waals surface area contributed by atoms with Crippen LogP contribution in [0.15, 0.2) is 65.4 Å². The number of carbonyl (C=O) groups excluding carboxylic acids is 2. The molecule has 0 amide bonds. The number of benzene rings is 2. The number of nitrogens with zero attached hydrogens (tertiary/aromatic N) is 2. The van der Waals surface area contributed by atoms with Crippen molar-refractivity contribution in [3.63, 3.8) is 0 Å². The third kappa shape index (κ3) is 3.29. The highest BCUT2D eigenvalue weighted by Gasteiger charge is 2.44. The van der Waals surface area contributed by atoms with Crippen molar-refractivity contribution in [1.29, 1.82) is 0 Å². The molecule has 0 radical (unpaired) electrons. The van der Waals surface area contributed by atoms with E-state index in [0.29, 0.717) is 39.4 Å². The maximum absolute atomic E-state index is 13.7. The van der Waals surface area contributed by atoms with Crippen molar-refractivity contribution >= 4 is 23.1 Å². The summed E-state index contributed by atoms with van der Waals surface area (Å²) in [7, 11) is 1.32. The molecule has 3 aromatic rings. The second-order valence-electron chi connectivity index (χ2n) is 9.14. The van der Waals surface area contributed by atoms with Crippen molar-refractivity contribution < 1.29 is 19.2 Å². The smallest absolute Gasteiger partial charge is 0.336 e. The zero-order chi connectivity index (χ0) is 25.9. The molecule has 2 aromatic carbocycles. The van der Waals surface area contributed by atoms with Gasteiger partial charge >= 0.3 is 5.97 Å². The predicted octanol–water partition coefficient (Wildman–Crippen LogP) is 5.05. The number of dihydropyridines is 1. The summed E-state index contributed by atoms with van der Waals surface area (Å²) >= 11 is 0. The number of ether oxygens (including phenoxy) is 1. The second kappa shape index (κ2) is 8.34. The van der Waals surface area contributed by atoms with Gasteiger partial charge in [0, 0.05) is 45.4 Å². The van der Waals surface area contributed by atoms with Crippen molar-refractivity contribution in [2.75, 3.05) is 7.11 Å². The van der Waals surface area contributed by atoms with Crippen LogP contribution < -0.4 is 5.32 Å². The van der Waals surface area contributed by atoms with Crippen LogP contribution in [0.25, 0.3) is 11.4 Å². The number of aromatic nitrogens is 1. The van der Waals surface area contributed by atoms with Gasteiger partial charge in [-0.05, 0) is 45.4 Å². The maximum atomic E-state index is 13.7. The van der Waals surface area contributed by atoms with E-state index in [-0.39, 0.29) is 11.5 Å². The number of nitro groups is 1. The van der Waals surface area contributed by atoms with Gasteiger partial charge in [0.2, 0.25) is 0 Å². The van der Waals surface area contributed by atoms with Gasteiger partial charge in [-0.2, -0.15) is 0 Å². The van der Waals surface area contributed by atoms with Gasteiger partial charge in [-0.25, -0.2) is 4.79 Å². The minimum absolute atomic E-state index is 0.0285. The van der Waals surface area contributed by atoms with Crippen LogP contribution in [-0.4, -0.2) is 28.4 Å². The fraction of sp³-hybridized carbons (Fsp3) is 0.214. The van der Waals surface area contributed by atoms with E-state index in [1.807, 2.05) is 48.7 Å². The van der Waals surface area contributed by atoms with Crippen LogP contribution in [0.2, 0.25) is 0 Å². The van der Waals surface area contributed by atoms with Crippen LogP contribution in [0.4, 0.5) is 5.69 Å². The highest BCUT2D eigenvalue weighted by atomic mass is 16.6. The Morgan fingerprint density at radius 2 is 1.75 bits per heavy atom. The minimum Gasteiger partial charge on any atom is -0.466 e. The number of carbonyl (C=O) groups is 2. The number of fused-ring (bicyclic) bond motifs is 2. The number of hydrogen-bond donors (Lipinski definition) is 1. The molecule has 36 heavy (non-hydrogen) atoms. The summed E-state index contributed by atoms with van der Waals surface area (Å²) in [5.74, 6) is -1.31. The predicted molar refractivity (Wildman–Crippen MR) is 135 cm³/mol. The van der Waals surface area contributed by atoms with Gasteiger partial charge in [-0.15, -0.1) is 0 Å². The number of nitro benzene ring substituents is 1. The Labute approximate surface area is 208 Å². The molecule has 0 unspecified atom stereocenters. The van der Waals surface area contributed by atoms with E-state index in [4.69, 9.17) is 4.74 Å². The van der Waals surface area contributed by atoms with Crippen molar-refractivity contribution in [2.45, 2.75) is 33.6 Å². The van der Waals surface area contributed by atoms with Crippen LogP contribution >= 0.6 is 0 Å². The number of ketones is 1. The van der Waals surface area contributed by atoms with Gasteiger partial charge in [0.25, 0.3) is 5.69 Å². The molecule has 2 aliphatic rings. The number of methoxy groups -OCH3 is 1. The average Bonchev–Trinajstić information content (AvgIpc) is 3.31. The first-order valence-electron chi connectivity index (χ1n) is 11.5. The largest absolute Gasteiger partial charge is 0.466 e. The Kier molecular flexibility index (Phi) is 5.39. The average molecular weight is 484 g/mol. The van der Waals surface area contributed by atoms with Crippen molar-refractivity contribution in [3.8, 4) is 5.69 Å². The van der Waals surface area contributed by atoms with Crippen LogP contribution in [-0.2, 0) is 9.53 Å². The molecule has 8 nitrogen and oxygen atoms in total. The van der Waals surface area contributed by atoms with E-state index in [1.165, 1.54) is 7.11 Å². The number of aryl methyl sites for hydroxylation is 2. The fourth-order valence-electron chi connectivity index (χ4n) is 5.43. The summed E-state index contributed by atoms with van der Waals surface area (Å²) in [6, 6.07) is 14.4. The molecule has 1 atom stereocenters. The zero-order valence-electron chi connectivity index (χ0n) is 20.6. The van der Waals surface area contributed by atoms with E-state index in [1.54, 1.807) is 32.0 Å². The molecule has 1 aliphatic carbocycles. The normalized spacial score (nSPS) is 16.6. The minimum atomic E-state index is -0.658. The Morgan fingerprint density at radius 3 is 2.42 bits per heavy atom. The SMILES string of the molecule is COC(=O)C1=C(C)NC2=C(C(=O)c3ccccc32)[C@H]1c1cc(C)n(-c2ccc(C)c([N+](=O)[O-])c2)c1C. The summed E-state index contributed by atoms with van der Waals surface area (Å²) in [5.41, 5.74) is 7.17. The number of rotatable bonds is 4. The van der Waals surface area contributed by atoms with Gasteiger partial charge in [0.1, 0.15) is 0 Å². The number of nitrogens with one attached hydrogen (secondary N) is 1. The third-order valence-electron chi connectivity index (χ3n) is 7.08. The zero-order valence-corrected chi connectivity index (χ0v) is 20.6. The lowest BCUT2D eigenvalue weighted by molar-refractivity contribution is -0.385. The van der Waals surface area contributed by atoms with Gasteiger partial charge in [0.05, 0.1) is 34.9 Å². The molecule has 0 saturated heterocycles. The van der Waals surface area contributed by atoms with E-state index < -0.39 is 16.8 Å². The number of Topliss-reactive ketones (excluding diaryl/α,β-unsaturated/α-hetero) is 1. The first-order chi connectivity index (χ1) is 17.1. The molecular formula is C28H25N3O5. The van der Waals surface area contributed by atoms with Gasteiger partial charge in [-0.3, -0.25) is 14.9 Å². The van der Waals surface area contributed by atoms with Gasteiger partial charge in [-0.1, -0.05) is 30.3 Å². The molecule has 1 N–H and O–H groups in total. The van der Waals surface area contributed by atoms with Crippen LogP contribution in [0.5, 0.6) is 0 Å². The first-order valence-corrected chi connectivity index (χ1v) is 11.5. The van der Waals surface area contributed by atoms with E-state index >= 15 is 0 Å². The summed E-state index contributed by atoms with van der Waals surface area (Å²) < 4.78 is 7.05. The highest BCUT2D eigenvalue weighted by Crippen LogP contribution is 2.48. The summed E-state index contributed by atoms with van der Waals surface area (Å²) in [6.45, 7) is 7.30. The topological polar surface area (TPSA) is 103 Å². The highest BCUT2D eigenvalue weighted by molar-refractivity contribution is 6.23. The summed E-state index contributed by atoms with van der Waals surface area (Å²) in [5, 5.41) is 14.9. The third-order valence-corrected chi connectivity index (χ3v) is 7.08. The summed E-state index contributed by atoms with van der Waals surface area (Å²) in [6.07, 6.45) is 0. The maximum Gasteiger partial charge on any atom is 0.336 e. The second-order valence-corrected chi connectivity index (χ2v) is 9.14. The number of hydrogen-bond acceptors (Lipinski definition) is 6. The Morgan fingerprint density at radius 1 is 1.06 bits per heavy atom. The van der Waals surface area contributed by atoms with Gasteiger partial charge in [0.15, 0.2) is 5.78 Å². The Bertz CT molecular complexity index is 1560. The van der Waals surface area contributed by atoms with E-state index in [2.05, 4.69) is 5.32 Å². The quantitative estimate of drug-likeness (QED) is 0.316. The van der Waals surface area contributed by atoms with Crippen molar-refractivity contribution in [1.82, 2.24) is 9.88 Å². The van der Waals surface area contributed by atoms with Crippen LogP contribution in [0.3, 0.4) is 0 Å². The van der Waals surface area contributed by atoms with Crippen LogP contribution in [0, 0.1) is 30.9 Å². The van der Waals surface area contributed by atoms with E-state index in [9.17, 15) is 19.7 Å². The lowest BCUT2D eigenvalue weighted by Gasteiger charge is -2.29. The van der Waals surface area contributed by atoms with Gasteiger partial charge < -0.3 is 14.6 Å². The lowest BCUT2D eigenvalue weighted by atomic mass is 9.79. The monoisotopic (exact) mass is 483 g/mol. The molecule has 8 heteroatoms. The molecule has 0 saturated carbocycles. The molecule has 5 rings (SSSR count). The molecule has 2 heterocycles. The first kappa shape index (κ1) is 23.3. The molecular weight excluding hydrogens is 458 g/mol. The molecule has 0 bridgehead atoms. The molecule has 0 fully saturated rings. The molecule has 182 valence electrons. The molecule has 1 aliphatic heterocycles. The van der Waals surface area contributed by atoms with E-state index in [0.717, 1.165) is 22.5 Å². The number of esters is 1. The van der Waals surface area contributed by atoms with Crippen LogP contribution in [0.1, 0.15) is 51.3 Å². The Hall–Kier alpha value is -4.46. The number of allylic oxidation sites excluding steroid dienone is 2.